The Morgan fingerprint density at radius 3 is 2.00 bits per heavy atom. The largest absolute Gasteiger partial charge is 0.480 e. The van der Waals surface area contributed by atoms with E-state index in [1.807, 2.05) is 5.32 Å². The van der Waals surface area contributed by atoms with E-state index in [0.717, 1.165) is 0 Å². The molecule has 4 unspecified atom stereocenters. The Hall–Kier alpha value is -2.24. The molecule has 0 rings (SSSR count). The van der Waals surface area contributed by atoms with Gasteiger partial charge in [0.25, 0.3) is 0 Å². The van der Waals surface area contributed by atoms with Gasteiger partial charge in [0.2, 0.25) is 17.7 Å². The average molecular weight is 334 g/mol. The van der Waals surface area contributed by atoms with Crippen molar-refractivity contribution in [1.29, 1.82) is 0 Å². The zero-order chi connectivity index (χ0) is 18.2. The molecule has 0 radical (unpaired) electrons. The number of hydrogen-bond acceptors (Lipinski definition) is 7. The SMILES string of the molecule is CC(N)C(=O)NC(CO)C(=O)NC(C(=O)NCC(=O)O)C(C)O. The molecule has 0 bridgehead atoms. The van der Waals surface area contributed by atoms with E-state index >= 15 is 0 Å². The number of hydrogen-bond donors (Lipinski definition) is 7. The maximum atomic E-state index is 12.0. The van der Waals surface area contributed by atoms with Gasteiger partial charge in [-0.3, -0.25) is 19.2 Å². The van der Waals surface area contributed by atoms with Gasteiger partial charge in [0, 0.05) is 0 Å². The molecule has 0 aliphatic rings. The van der Waals surface area contributed by atoms with Crippen LogP contribution in [-0.2, 0) is 19.2 Å². The van der Waals surface area contributed by atoms with Crippen molar-refractivity contribution in [3.63, 3.8) is 0 Å². The number of carbonyl (C=O) groups excluding carboxylic acids is 3. The van der Waals surface area contributed by atoms with Gasteiger partial charge in [-0.2, -0.15) is 0 Å². The van der Waals surface area contributed by atoms with Gasteiger partial charge in [-0.1, -0.05) is 0 Å². The number of aliphatic hydroxyl groups is 2. The van der Waals surface area contributed by atoms with Gasteiger partial charge in [0.15, 0.2) is 0 Å². The van der Waals surface area contributed by atoms with E-state index in [9.17, 15) is 24.3 Å². The van der Waals surface area contributed by atoms with Crippen molar-refractivity contribution in [1.82, 2.24) is 16.0 Å². The molecule has 23 heavy (non-hydrogen) atoms. The van der Waals surface area contributed by atoms with Crippen LogP contribution in [0.4, 0.5) is 0 Å². The van der Waals surface area contributed by atoms with Crippen LogP contribution in [0.15, 0.2) is 0 Å². The Morgan fingerprint density at radius 2 is 1.61 bits per heavy atom. The lowest BCUT2D eigenvalue weighted by Crippen LogP contribution is -2.59. The lowest BCUT2D eigenvalue weighted by atomic mass is 10.1. The molecule has 0 aromatic carbocycles. The molecule has 0 spiro atoms. The van der Waals surface area contributed by atoms with E-state index in [2.05, 4.69) is 10.6 Å². The molecular formula is C12H22N4O7. The molecule has 0 fully saturated rings. The Balaban J connectivity index is 4.84. The number of rotatable bonds is 9. The second-order valence-corrected chi connectivity index (χ2v) is 4.87. The first kappa shape index (κ1) is 20.8. The van der Waals surface area contributed by atoms with Crippen LogP contribution in [0, 0.1) is 0 Å². The summed E-state index contributed by atoms with van der Waals surface area (Å²) >= 11 is 0. The third-order valence-corrected chi connectivity index (χ3v) is 2.71. The standard InChI is InChI=1S/C12H22N4O7/c1-5(13)10(21)15-7(4-17)11(22)16-9(6(2)18)12(23)14-3-8(19)20/h5-7,9,17-18H,3-4,13H2,1-2H3,(H,14,23)(H,15,21)(H,16,22)(H,19,20). The van der Waals surface area contributed by atoms with Crippen LogP contribution in [0.25, 0.3) is 0 Å². The molecule has 0 aliphatic carbocycles. The quantitative estimate of drug-likeness (QED) is 0.221. The molecule has 4 atom stereocenters. The number of aliphatic hydroxyl groups excluding tert-OH is 2. The molecule has 3 amide bonds. The van der Waals surface area contributed by atoms with Crippen molar-refractivity contribution in [2.45, 2.75) is 38.1 Å². The molecule has 11 heteroatoms. The maximum absolute atomic E-state index is 12.0. The molecule has 0 aromatic heterocycles. The molecule has 0 saturated carbocycles. The van der Waals surface area contributed by atoms with Crippen LogP contribution < -0.4 is 21.7 Å². The summed E-state index contributed by atoms with van der Waals surface area (Å²) in [6.45, 7) is 1.13. The zero-order valence-electron chi connectivity index (χ0n) is 12.8. The van der Waals surface area contributed by atoms with Crippen molar-refractivity contribution in [2.24, 2.45) is 5.73 Å². The maximum Gasteiger partial charge on any atom is 0.322 e. The minimum Gasteiger partial charge on any atom is -0.480 e. The third kappa shape index (κ3) is 7.54. The summed E-state index contributed by atoms with van der Waals surface area (Å²) in [5, 5.41) is 33.4. The molecule has 0 aliphatic heterocycles. The van der Waals surface area contributed by atoms with E-state index in [0.29, 0.717) is 0 Å². The van der Waals surface area contributed by atoms with Gasteiger partial charge in [-0.25, -0.2) is 0 Å². The van der Waals surface area contributed by atoms with Gasteiger partial charge in [0.05, 0.1) is 18.8 Å². The van der Waals surface area contributed by atoms with Crippen molar-refractivity contribution < 1.29 is 34.5 Å². The first-order valence-corrected chi connectivity index (χ1v) is 6.74. The predicted molar refractivity (Wildman–Crippen MR) is 76.9 cm³/mol. The molecule has 11 nitrogen and oxygen atoms in total. The van der Waals surface area contributed by atoms with Gasteiger partial charge in [-0.15, -0.1) is 0 Å². The number of nitrogens with one attached hydrogen (secondary N) is 3. The van der Waals surface area contributed by atoms with E-state index < -0.39 is 61.1 Å². The van der Waals surface area contributed by atoms with Crippen molar-refractivity contribution in [2.75, 3.05) is 13.2 Å². The van der Waals surface area contributed by atoms with Crippen molar-refractivity contribution >= 4 is 23.7 Å². The second-order valence-electron chi connectivity index (χ2n) is 4.87. The van der Waals surface area contributed by atoms with E-state index in [4.69, 9.17) is 15.9 Å². The molecule has 0 heterocycles. The van der Waals surface area contributed by atoms with Gasteiger partial charge >= 0.3 is 5.97 Å². The summed E-state index contributed by atoms with van der Waals surface area (Å²) in [6.07, 6.45) is -1.34. The zero-order valence-corrected chi connectivity index (χ0v) is 12.8. The summed E-state index contributed by atoms with van der Waals surface area (Å²) in [6, 6.07) is -3.74. The summed E-state index contributed by atoms with van der Waals surface area (Å²) < 4.78 is 0. The third-order valence-electron chi connectivity index (χ3n) is 2.71. The Morgan fingerprint density at radius 1 is 1.04 bits per heavy atom. The highest BCUT2D eigenvalue weighted by Crippen LogP contribution is 1.96. The Kier molecular flexibility index (Phi) is 8.77. The van der Waals surface area contributed by atoms with Crippen LogP contribution in [0.3, 0.4) is 0 Å². The number of carbonyl (C=O) groups is 4. The minimum atomic E-state index is -1.46. The Labute approximate surface area is 132 Å². The van der Waals surface area contributed by atoms with E-state index in [-0.39, 0.29) is 0 Å². The van der Waals surface area contributed by atoms with Crippen LogP contribution >= 0.6 is 0 Å². The fourth-order valence-electron chi connectivity index (χ4n) is 1.43. The summed E-state index contributed by atoms with van der Waals surface area (Å²) in [7, 11) is 0. The lowest BCUT2D eigenvalue weighted by molar-refractivity contribution is -0.139. The highest BCUT2D eigenvalue weighted by atomic mass is 16.4. The fraction of sp³-hybridized carbons (Fsp3) is 0.667. The normalized spacial score (nSPS) is 15.7. The minimum absolute atomic E-state index is 0.692. The van der Waals surface area contributed by atoms with Crippen LogP contribution in [0.1, 0.15) is 13.8 Å². The second kappa shape index (κ2) is 9.71. The Bertz CT molecular complexity index is 453. The number of carboxylic acid groups (broad SMARTS) is 1. The monoisotopic (exact) mass is 334 g/mol. The molecule has 8 N–H and O–H groups in total. The smallest absolute Gasteiger partial charge is 0.322 e. The average Bonchev–Trinajstić information content (AvgIpc) is 2.46. The van der Waals surface area contributed by atoms with Crippen molar-refractivity contribution in [3.05, 3.63) is 0 Å². The fourth-order valence-corrected chi connectivity index (χ4v) is 1.43. The topological polar surface area (TPSA) is 191 Å². The molecule has 132 valence electrons. The summed E-state index contributed by atoms with van der Waals surface area (Å²) in [5.41, 5.74) is 5.32. The number of nitrogens with two attached hydrogens (primary N) is 1. The van der Waals surface area contributed by atoms with Gasteiger partial charge in [0.1, 0.15) is 18.6 Å². The summed E-state index contributed by atoms with van der Waals surface area (Å²) in [4.78, 5) is 45.5. The van der Waals surface area contributed by atoms with E-state index in [1.54, 1.807) is 0 Å². The number of amides is 3. The van der Waals surface area contributed by atoms with Gasteiger partial charge < -0.3 is 37.0 Å². The van der Waals surface area contributed by atoms with Crippen LogP contribution in [-0.4, -0.2) is 76.4 Å². The number of carboxylic acids is 1. The van der Waals surface area contributed by atoms with Gasteiger partial charge in [-0.05, 0) is 13.8 Å². The van der Waals surface area contributed by atoms with Crippen LogP contribution in [0.2, 0.25) is 0 Å². The predicted octanol–water partition coefficient (Wildman–Crippen LogP) is -4.12. The first-order chi connectivity index (χ1) is 10.6. The molecule has 0 aromatic rings. The van der Waals surface area contributed by atoms with E-state index in [1.165, 1.54) is 13.8 Å². The highest BCUT2D eigenvalue weighted by Gasteiger charge is 2.29. The lowest BCUT2D eigenvalue weighted by Gasteiger charge is -2.24. The first-order valence-electron chi connectivity index (χ1n) is 6.74. The number of aliphatic carboxylic acids is 1. The molecular weight excluding hydrogens is 312 g/mol. The summed E-state index contributed by atoms with van der Waals surface area (Å²) in [5.74, 6) is -3.85. The van der Waals surface area contributed by atoms with Crippen molar-refractivity contribution in [3.8, 4) is 0 Å². The molecule has 0 saturated heterocycles. The highest BCUT2D eigenvalue weighted by molar-refractivity contribution is 5.93. The van der Waals surface area contributed by atoms with Crippen LogP contribution in [0.5, 0.6) is 0 Å².